The number of carboxylic acid groups (broad SMARTS) is 1. The van der Waals surface area contributed by atoms with Gasteiger partial charge in [-0.2, -0.15) is 0 Å². The van der Waals surface area contributed by atoms with Gasteiger partial charge in [0.1, 0.15) is 0 Å². The van der Waals surface area contributed by atoms with Crippen molar-refractivity contribution in [3.63, 3.8) is 0 Å². The molecule has 0 aliphatic rings. The molecule has 0 amide bonds. The molecule has 16 heavy (non-hydrogen) atoms. The molecule has 0 aromatic carbocycles. The summed E-state index contributed by atoms with van der Waals surface area (Å²) in [6, 6.07) is 0. The van der Waals surface area contributed by atoms with Crippen molar-refractivity contribution < 1.29 is 9.90 Å². The van der Waals surface area contributed by atoms with E-state index in [1.54, 1.807) is 0 Å². The SMILES string of the molecule is CCCCC=CC=CCCCCCC(=O)O. The molecule has 0 aliphatic carbocycles. The molecule has 0 atom stereocenters. The van der Waals surface area contributed by atoms with Crippen LogP contribution < -0.4 is 0 Å². The van der Waals surface area contributed by atoms with Crippen LogP contribution in [0.1, 0.15) is 58.3 Å². The zero-order chi connectivity index (χ0) is 12.1. The van der Waals surface area contributed by atoms with E-state index in [1.165, 1.54) is 19.3 Å². The zero-order valence-electron chi connectivity index (χ0n) is 10.3. The molecule has 0 aromatic rings. The van der Waals surface area contributed by atoms with E-state index in [9.17, 15) is 4.79 Å². The third-order valence-corrected chi connectivity index (χ3v) is 2.37. The Bertz CT molecular complexity index is 217. The highest BCUT2D eigenvalue weighted by Gasteiger charge is 1.94. The van der Waals surface area contributed by atoms with Gasteiger partial charge in [-0.1, -0.05) is 50.5 Å². The highest BCUT2D eigenvalue weighted by Crippen LogP contribution is 2.03. The smallest absolute Gasteiger partial charge is 0.303 e. The Balaban J connectivity index is 3.21. The number of hydrogen-bond acceptors (Lipinski definition) is 1. The lowest BCUT2D eigenvalue weighted by atomic mass is 10.1. The molecule has 0 saturated heterocycles. The van der Waals surface area contributed by atoms with Crippen molar-refractivity contribution in [2.45, 2.75) is 58.3 Å². The molecule has 0 radical (unpaired) electrons. The third kappa shape index (κ3) is 12.9. The molecule has 0 spiro atoms. The maximum Gasteiger partial charge on any atom is 0.303 e. The second-order valence-electron chi connectivity index (χ2n) is 3.99. The summed E-state index contributed by atoms with van der Waals surface area (Å²) in [6.07, 6.45) is 16.5. The van der Waals surface area contributed by atoms with E-state index in [0.717, 1.165) is 25.7 Å². The van der Waals surface area contributed by atoms with Gasteiger partial charge >= 0.3 is 5.97 Å². The molecule has 0 aromatic heterocycles. The molecule has 0 aliphatic heterocycles. The average Bonchev–Trinajstić information content (AvgIpc) is 2.25. The summed E-state index contributed by atoms with van der Waals surface area (Å²) < 4.78 is 0. The number of rotatable bonds is 10. The number of carbonyl (C=O) groups is 1. The minimum Gasteiger partial charge on any atom is -0.481 e. The second kappa shape index (κ2) is 12.0. The van der Waals surface area contributed by atoms with Gasteiger partial charge in [0, 0.05) is 6.42 Å². The first-order valence-corrected chi connectivity index (χ1v) is 6.30. The Morgan fingerprint density at radius 3 is 2.19 bits per heavy atom. The summed E-state index contributed by atoms with van der Waals surface area (Å²) in [4.78, 5) is 10.2. The van der Waals surface area contributed by atoms with E-state index in [2.05, 4.69) is 31.2 Å². The Kier molecular flexibility index (Phi) is 11.2. The summed E-state index contributed by atoms with van der Waals surface area (Å²) in [5, 5.41) is 8.43. The molecule has 92 valence electrons. The van der Waals surface area contributed by atoms with Crippen LogP contribution in [0.4, 0.5) is 0 Å². The van der Waals surface area contributed by atoms with E-state index in [1.807, 2.05) is 0 Å². The normalized spacial score (nSPS) is 11.6. The minimum atomic E-state index is -0.686. The second-order valence-corrected chi connectivity index (χ2v) is 3.99. The van der Waals surface area contributed by atoms with E-state index in [4.69, 9.17) is 5.11 Å². The van der Waals surface area contributed by atoms with Crippen molar-refractivity contribution >= 4 is 5.97 Å². The number of carboxylic acids is 1. The molecule has 1 N–H and O–H groups in total. The van der Waals surface area contributed by atoms with Crippen molar-refractivity contribution in [2.24, 2.45) is 0 Å². The van der Waals surface area contributed by atoms with Crippen LogP contribution in [0.15, 0.2) is 24.3 Å². The van der Waals surface area contributed by atoms with Gasteiger partial charge in [-0.3, -0.25) is 4.79 Å². The summed E-state index contributed by atoms with van der Waals surface area (Å²) in [7, 11) is 0. The molecule has 0 saturated carbocycles. The molecule has 0 unspecified atom stereocenters. The first-order valence-electron chi connectivity index (χ1n) is 6.30. The van der Waals surface area contributed by atoms with Gasteiger partial charge < -0.3 is 5.11 Å². The number of allylic oxidation sites excluding steroid dienone is 4. The van der Waals surface area contributed by atoms with Crippen molar-refractivity contribution in [1.82, 2.24) is 0 Å². The molecule has 2 heteroatoms. The average molecular weight is 224 g/mol. The number of aliphatic carboxylic acids is 1. The van der Waals surface area contributed by atoms with E-state index in [0.29, 0.717) is 6.42 Å². The number of hydrogen-bond donors (Lipinski definition) is 1. The largest absolute Gasteiger partial charge is 0.481 e. The Hall–Kier alpha value is -1.05. The Morgan fingerprint density at radius 1 is 1.00 bits per heavy atom. The van der Waals surface area contributed by atoms with Gasteiger partial charge in [-0.25, -0.2) is 0 Å². The van der Waals surface area contributed by atoms with Crippen LogP contribution in [0, 0.1) is 0 Å². The van der Waals surface area contributed by atoms with Crippen molar-refractivity contribution in [1.29, 1.82) is 0 Å². The van der Waals surface area contributed by atoms with Crippen molar-refractivity contribution in [3.05, 3.63) is 24.3 Å². The van der Waals surface area contributed by atoms with Gasteiger partial charge in [0.2, 0.25) is 0 Å². The first kappa shape index (κ1) is 14.9. The maximum absolute atomic E-state index is 10.2. The fourth-order valence-corrected chi connectivity index (χ4v) is 1.39. The molecule has 0 rings (SSSR count). The minimum absolute atomic E-state index is 0.306. The Morgan fingerprint density at radius 2 is 1.62 bits per heavy atom. The highest BCUT2D eigenvalue weighted by atomic mass is 16.4. The number of unbranched alkanes of at least 4 members (excludes halogenated alkanes) is 5. The van der Waals surface area contributed by atoms with Crippen LogP contribution in [0.3, 0.4) is 0 Å². The quantitative estimate of drug-likeness (QED) is 0.443. The molecule has 0 heterocycles. The molecule has 2 nitrogen and oxygen atoms in total. The fourth-order valence-electron chi connectivity index (χ4n) is 1.39. The zero-order valence-corrected chi connectivity index (χ0v) is 10.3. The lowest BCUT2D eigenvalue weighted by Gasteiger charge is -1.94. The van der Waals surface area contributed by atoms with Crippen molar-refractivity contribution in [2.75, 3.05) is 0 Å². The lowest BCUT2D eigenvalue weighted by molar-refractivity contribution is -0.137. The fraction of sp³-hybridized carbons (Fsp3) is 0.643. The first-order chi connectivity index (χ1) is 7.77. The topological polar surface area (TPSA) is 37.3 Å². The van der Waals surface area contributed by atoms with Crippen LogP contribution in [-0.2, 0) is 4.79 Å². The third-order valence-electron chi connectivity index (χ3n) is 2.37. The Labute approximate surface area is 99.1 Å². The van der Waals surface area contributed by atoms with E-state index in [-0.39, 0.29) is 0 Å². The summed E-state index contributed by atoms with van der Waals surface area (Å²) in [6.45, 7) is 2.20. The van der Waals surface area contributed by atoms with Crippen LogP contribution in [0.25, 0.3) is 0 Å². The van der Waals surface area contributed by atoms with E-state index < -0.39 is 5.97 Å². The monoisotopic (exact) mass is 224 g/mol. The van der Waals surface area contributed by atoms with Gasteiger partial charge in [-0.05, 0) is 25.7 Å². The lowest BCUT2D eigenvalue weighted by Crippen LogP contribution is -1.93. The molecule has 0 fully saturated rings. The van der Waals surface area contributed by atoms with Crippen LogP contribution >= 0.6 is 0 Å². The van der Waals surface area contributed by atoms with Crippen LogP contribution in [0.5, 0.6) is 0 Å². The predicted molar refractivity (Wildman–Crippen MR) is 68.5 cm³/mol. The summed E-state index contributed by atoms with van der Waals surface area (Å²) in [5.41, 5.74) is 0. The van der Waals surface area contributed by atoms with Crippen molar-refractivity contribution in [3.8, 4) is 0 Å². The maximum atomic E-state index is 10.2. The van der Waals surface area contributed by atoms with Gasteiger partial charge in [0.25, 0.3) is 0 Å². The van der Waals surface area contributed by atoms with Crippen LogP contribution in [-0.4, -0.2) is 11.1 Å². The van der Waals surface area contributed by atoms with E-state index >= 15 is 0 Å². The van der Waals surface area contributed by atoms with Gasteiger partial charge in [-0.15, -0.1) is 0 Å². The summed E-state index contributed by atoms with van der Waals surface area (Å²) >= 11 is 0. The highest BCUT2D eigenvalue weighted by molar-refractivity contribution is 5.66. The van der Waals surface area contributed by atoms with Crippen LogP contribution in [0.2, 0.25) is 0 Å². The van der Waals surface area contributed by atoms with Gasteiger partial charge in [0.15, 0.2) is 0 Å². The summed E-state index contributed by atoms with van der Waals surface area (Å²) in [5.74, 6) is -0.686. The molecular formula is C14H24O2. The molecular weight excluding hydrogens is 200 g/mol. The standard InChI is InChI=1S/C14H24O2/c1-2-3-4-5-6-7-8-9-10-11-12-13-14(15)16/h5-8H,2-4,9-13H2,1H3,(H,15,16). The predicted octanol–water partition coefficient (Wildman–Crippen LogP) is 4.32. The molecule has 0 bridgehead atoms. The van der Waals surface area contributed by atoms with Gasteiger partial charge in [0.05, 0.1) is 0 Å².